The quantitative estimate of drug-likeness (QED) is 0.649. The predicted octanol–water partition coefficient (Wildman–Crippen LogP) is 1.47. The molecule has 0 aromatic heterocycles. The summed E-state index contributed by atoms with van der Waals surface area (Å²) in [7, 11) is 2.20. The zero-order valence-corrected chi connectivity index (χ0v) is 8.64. The highest BCUT2D eigenvalue weighted by molar-refractivity contribution is 4.81. The molecule has 12 heavy (non-hydrogen) atoms. The number of hydrogen-bond acceptors (Lipinski definition) is 2. The van der Waals surface area contributed by atoms with Crippen molar-refractivity contribution in [3.05, 3.63) is 0 Å². The zero-order chi connectivity index (χ0) is 8.97. The average Bonchev–Trinajstić information content (AvgIpc) is 2.86. The Bertz CT molecular complexity index is 121. The maximum Gasteiger partial charge on any atom is 0.00758 e. The zero-order valence-electron chi connectivity index (χ0n) is 8.64. The smallest absolute Gasteiger partial charge is 0.00758 e. The fourth-order valence-electron chi connectivity index (χ4n) is 1.32. The van der Waals surface area contributed by atoms with Crippen molar-refractivity contribution in [1.29, 1.82) is 0 Å². The third-order valence-corrected chi connectivity index (χ3v) is 2.82. The molecule has 1 fully saturated rings. The highest BCUT2D eigenvalue weighted by Gasteiger charge is 2.20. The van der Waals surface area contributed by atoms with Crippen LogP contribution in [0.2, 0.25) is 0 Å². The van der Waals surface area contributed by atoms with E-state index in [1.54, 1.807) is 0 Å². The van der Waals surface area contributed by atoms with E-state index in [-0.39, 0.29) is 0 Å². The standard InChI is InChI=1S/C10H22N2/c1-4-12(3)9(2)7-8-11-10-5-6-10/h9-11H,4-8H2,1-3H3. The molecule has 1 unspecified atom stereocenters. The van der Waals surface area contributed by atoms with Gasteiger partial charge in [0, 0.05) is 12.1 Å². The second-order valence-corrected chi connectivity index (χ2v) is 3.94. The van der Waals surface area contributed by atoms with Crippen LogP contribution in [0.1, 0.15) is 33.1 Å². The van der Waals surface area contributed by atoms with E-state index >= 15 is 0 Å². The number of hydrogen-bond donors (Lipinski definition) is 1. The summed E-state index contributed by atoms with van der Waals surface area (Å²) in [5.74, 6) is 0. The molecule has 0 aromatic rings. The Morgan fingerprint density at radius 1 is 1.50 bits per heavy atom. The molecule has 1 N–H and O–H groups in total. The first-order valence-corrected chi connectivity index (χ1v) is 5.17. The minimum absolute atomic E-state index is 0.723. The van der Waals surface area contributed by atoms with Crippen LogP contribution in [0.15, 0.2) is 0 Å². The minimum Gasteiger partial charge on any atom is -0.314 e. The Labute approximate surface area is 76.3 Å². The van der Waals surface area contributed by atoms with Crippen LogP contribution in [0.25, 0.3) is 0 Å². The molecule has 1 aliphatic carbocycles. The van der Waals surface area contributed by atoms with Crippen molar-refractivity contribution >= 4 is 0 Å². The molecule has 0 radical (unpaired) electrons. The molecular weight excluding hydrogens is 148 g/mol. The van der Waals surface area contributed by atoms with Crippen molar-refractivity contribution in [2.75, 3.05) is 20.1 Å². The van der Waals surface area contributed by atoms with Gasteiger partial charge in [0.1, 0.15) is 0 Å². The molecule has 1 rings (SSSR count). The van der Waals surface area contributed by atoms with Gasteiger partial charge in [-0.25, -0.2) is 0 Å². The van der Waals surface area contributed by atoms with Gasteiger partial charge in [0.25, 0.3) is 0 Å². The van der Waals surface area contributed by atoms with Gasteiger partial charge in [0.2, 0.25) is 0 Å². The van der Waals surface area contributed by atoms with Crippen molar-refractivity contribution < 1.29 is 0 Å². The van der Waals surface area contributed by atoms with Crippen LogP contribution in [0.5, 0.6) is 0 Å². The van der Waals surface area contributed by atoms with Crippen LogP contribution in [0, 0.1) is 0 Å². The van der Waals surface area contributed by atoms with Crippen molar-refractivity contribution in [3.8, 4) is 0 Å². The van der Waals surface area contributed by atoms with E-state index in [2.05, 4.69) is 31.1 Å². The lowest BCUT2D eigenvalue weighted by Crippen LogP contribution is -2.32. The maximum atomic E-state index is 3.54. The maximum absolute atomic E-state index is 3.54. The second kappa shape index (κ2) is 4.83. The van der Waals surface area contributed by atoms with Crippen LogP contribution < -0.4 is 5.32 Å². The molecule has 0 aromatic carbocycles. The summed E-state index contributed by atoms with van der Waals surface area (Å²) in [6.45, 7) is 6.86. The van der Waals surface area contributed by atoms with E-state index in [0.29, 0.717) is 0 Å². The van der Waals surface area contributed by atoms with Crippen LogP contribution in [-0.4, -0.2) is 37.1 Å². The van der Waals surface area contributed by atoms with E-state index in [9.17, 15) is 0 Å². The second-order valence-electron chi connectivity index (χ2n) is 3.94. The molecule has 1 saturated carbocycles. The largest absolute Gasteiger partial charge is 0.314 e. The molecule has 0 heterocycles. The van der Waals surface area contributed by atoms with Gasteiger partial charge in [-0.1, -0.05) is 6.92 Å². The Morgan fingerprint density at radius 3 is 2.67 bits per heavy atom. The fourth-order valence-corrected chi connectivity index (χ4v) is 1.32. The Hall–Kier alpha value is -0.0800. The summed E-state index contributed by atoms with van der Waals surface area (Å²) in [6.07, 6.45) is 4.08. The third-order valence-electron chi connectivity index (χ3n) is 2.82. The number of rotatable bonds is 6. The average molecular weight is 170 g/mol. The molecular formula is C10H22N2. The Balaban J connectivity index is 1.96. The highest BCUT2D eigenvalue weighted by Crippen LogP contribution is 2.18. The van der Waals surface area contributed by atoms with Gasteiger partial charge in [-0.3, -0.25) is 0 Å². The summed E-state index contributed by atoms with van der Waals surface area (Å²) < 4.78 is 0. The first-order chi connectivity index (χ1) is 5.74. The SMILES string of the molecule is CCN(C)C(C)CCNC1CC1. The van der Waals surface area contributed by atoms with Gasteiger partial charge >= 0.3 is 0 Å². The van der Waals surface area contributed by atoms with Crippen LogP contribution in [0.4, 0.5) is 0 Å². The van der Waals surface area contributed by atoms with Crippen molar-refractivity contribution in [2.24, 2.45) is 0 Å². The summed E-state index contributed by atoms with van der Waals surface area (Å²) >= 11 is 0. The molecule has 1 aliphatic rings. The minimum atomic E-state index is 0.723. The molecule has 2 heteroatoms. The van der Waals surface area contributed by atoms with E-state index in [1.807, 2.05) is 0 Å². The predicted molar refractivity (Wildman–Crippen MR) is 53.4 cm³/mol. The monoisotopic (exact) mass is 170 g/mol. The van der Waals surface area contributed by atoms with E-state index in [0.717, 1.165) is 18.6 Å². The van der Waals surface area contributed by atoms with Crippen LogP contribution >= 0.6 is 0 Å². The lowest BCUT2D eigenvalue weighted by atomic mass is 10.2. The van der Waals surface area contributed by atoms with Gasteiger partial charge in [-0.2, -0.15) is 0 Å². The molecule has 1 atom stereocenters. The van der Waals surface area contributed by atoms with E-state index in [1.165, 1.54) is 25.8 Å². The number of nitrogens with one attached hydrogen (secondary N) is 1. The first-order valence-electron chi connectivity index (χ1n) is 5.17. The molecule has 2 nitrogen and oxygen atoms in total. The molecule has 0 bridgehead atoms. The van der Waals surface area contributed by atoms with Gasteiger partial charge in [-0.15, -0.1) is 0 Å². The number of nitrogens with zero attached hydrogens (tertiary/aromatic N) is 1. The van der Waals surface area contributed by atoms with Crippen molar-refractivity contribution in [2.45, 2.75) is 45.2 Å². The lowest BCUT2D eigenvalue weighted by molar-refractivity contribution is 0.256. The topological polar surface area (TPSA) is 15.3 Å². The van der Waals surface area contributed by atoms with Gasteiger partial charge in [0.05, 0.1) is 0 Å². The molecule has 0 spiro atoms. The first kappa shape index (κ1) is 10.0. The molecule has 72 valence electrons. The van der Waals surface area contributed by atoms with E-state index in [4.69, 9.17) is 0 Å². The Kier molecular flexibility index (Phi) is 4.02. The van der Waals surface area contributed by atoms with Gasteiger partial charge in [-0.05, 0) is 46.3 Å². The normalized spacial score (nSPS) is 20.0. The van der Waals surface area contributed by atoms with Crippen LogP contribution in [-0.2, 0) is 0 Å². The van der Waals surface area contributed by atoms with Crippen molar-refractivity contribution in [3.63, 3.8) is 0 Å². The molecule has 0 amide bonds. The fraction of sp³-hybridized carbons (Fsp3) is 1.00. The Morgan fingerprint density at radius 2 is 2.17 bits per heavy atom. The van der Waals surface area contributed by atoms with Gasteiger partial charge < -0.3 is 10.2 Å². The van der Waals surface area contributed by atoms with E-state index < -0.39 is 0 Å². The molecule has 0 saturated heterocycles. The summed E-state index contributed by atoms with van der Waals surface area (Å²) in [4.78, 5) is 2.40. The summed E-state index contributed by atoms with van der Waals surface area (Å²) in [5.41, 5.74) is 0. The molecule has 0 aliphatic heterocycles. The lowest BCUT2D eigenvalue weighted by Gasteiger charge is -2.22. The van der Waals surface area contributed by atoms with Gasteiger partial charge in [0.15, 0.2) is 0 Å². The highest BCUT2D eigenvalue weighted by atomic mass is 15.1. The summed E-state index contributed by atoms with van der Waals surface area (Å²) in [6, 6.07) is 1.59. The van der Waals surface area contributed by atoms with Crippen LogP contribution in [0.3, 0.4) is 0 Å². The van der Waals surface area contributed by atoms with Crippen molar-refractivity contribution in [1.82, 2.24) is 10.2 Å². The third kappa shape index (κ3) is 3.55. The summed E-state index contributed by atoms with van der Waals surface area (Å²) in [5, 5.41) is 3.54.